The molecule has 0 radical (unpaired) electrons. The highest BCUT2D eigenvalue weighted by molar-refractivity contribution is 6.06. The first kappa shape index (κ1) is 23.1. The van der Waals surface area contributed by atoms with Gasteiger partial charge in [0.1, 0.15) is 5.75 Å². The van der Waals surface area contributed by atoms with Crippen molar-refractivity contribution in [1.82, 2.24) is 4.90 Å². The fourth-order valence-corrected chi connectivity index (χ4v) is 3.39. The van der Waals surface area contributed by atoms with Gasteiger partial charge in [0, 0.05) is 24.8 Å². The number of unbranched alkanes of at least 4 members (excludes halogenated alkanes) is 2. The fourth-order valence-electron chi connectivity index (χ4n) is 3.39. The Morgan fingerprint density at radius 3 is 2.44 bits per heavy atom. The van der Waals surface area contributed by atoms with Gasteiger partial charge in [-0.15, -0.1) is 0 Å². The van der Waals surface area contributed by atoms with Crippen molar-refractivity contribution in [2.45, 2.75) is 32.7 Å². The first-order valence-corrected chi connectivity index (χ1v) is 11.0. The molecule has 0 heterocycles. The van der Waals surface area contributed by atoms with Crippen molar-refractivity contribution >= 4 is 17.5 Å². The summed E-state index contributed by atoms with van der Waals surface area (Å²) in [6, 6.07) is 24.0. The second-order valence-corrected chi connectivity index (χ2v) is 7.73. The Kier molecular flexibility index (Phi) is 8.44. The van der Waals surface area contributed by atoms with Crippen molar-refractivity contribution in [1.29, 1.82) is 0 Å². The second kappa shape index (κ2) is 11.7. The maximum Gasteiger partial charge on any atom is 0.259 e. The van der Waals surface area contributed by atoms with E-state index in [4.69, 9.17) is 4.74 Å². The lowest BCUT2D eigenvalue weighted by atomic mass is 10.1. The van der Waals surface area contributed by atoms with Crippen molar-refractivity contribution in [3.63, 3.8) is 0 Å². The topological polar surface area (TPSA) is 58.6 Å². The van der Waals surface area contributed by atoms with Crippen molar-refractivity contribution in [2.75, 3.05) is 19.0 Å². The molecule has 0 aromatic heterocycles. The van der Waals surface area contributed by atoms with Gasteiger partial charge in [0.25, 0.3) is 11.8 Å². The normalized spacial score (nSPS) is 10.4. The minimum atomic E-state index is -0.265. The van der Waals surface area contributed by atoms with Crippen LogP contribution < -0.4 is 10.1 Å². The average Bonchev–Trinajstić information content (AvgIpc) is 2.82. The molecule has 0 aliphatic heterocycles. The van der Waals surface area contributed by atoms with Crippen LogP contribution in [0.1, 0.15) is 52.5 Å². The molecule has 0 aliphatic rings. The highest BCUT2D eigenvalue weighted by Crippen LogP contribution is 2.21. The summed E-state index contributed by atoms with van der Waals surface area (Å²) in [6.07, 6.45) is 3.15. The molecular weight excluding hydrogens is 400 g/mol. The van der Waals surface area contributed by atoms with Crippen molar-refractivity contribution < 1.29 is 14.3 Å². The van der Waals surface area contributed by atoms with Crippen LogP contribution in [-0.4, -0.2) is 30.4 Å². The summed E-state index contributed by atoms with van der Waals surface area (Å²) in [5.41, 5.74) is 2.62. The van der Waals surface area contributed by atoms with E-state index in [1.807, 2.05) is 42.5 Å². The molecule has 3 aromatic carbocycles. The second-order valence-electron chi connectivity index (χ2n) is 7.73. The quantitative estimate of drug-likeness (QED) is 0.415. The van der Waals surface area contributed by atoms with Gasteiger partial charge in [0.05, 0.1) is 12.2 Å². The third kappa shape index (κ3) is 6.45. The third-order valence-electron chi connectivity index (χ3n) is 5.11. The molecule has 3 rings (SSSR count). The molecule has 3 aromatic rings. The van der Waals surface area contributed by atoms with Gasteiger partial charge in [-0.25, -0.2) is 0 Å². The number of nitrogens with zero attached hydrogens (tertiary/aromatic N) is 1. The highest BCUT2D eigenvalue weighted by atomic mass is 16.5. The molecule has 0 unspecified atom stereocenters. The number of ether oxygens (including phenoxy) is 1. The summed E-state index contributed by atoms with van der Waals surface area (Å²) in [4.78, 5) is 27.4. The van der Waals surface area contributed by atoms with Crippen molar-refractivity contribution in [3.8, 4) is 5.75 Å². The monoisotopic (exact) mass is 430 g/mol. The lowest BCUT2D eigenvalue weighted by molar-refractivity contribution is 0.0784. The van der Waals surface area contributed by atoms with Crippen LogP contribution in [0.3, 0.4) is 0 Å². The van der Waals surface area contributed by atoms with Gasteiger partial charge in [-0.3, -0.25) is 9.59 Å². The van der Waals surface area contributed by atoms with E-state index in [2.05, 4.69) is 12.2 Å². The zero-order chi connectivity index (χ0) is 22.8. The Balaban J connectivity index is 1.67. The van der Waals surface area contributed by atoms with Crippen molar-refractivity contribution in [2.24, 2.45) is 0 Å². The molecule has 5 nitrogen and oxygen atoms in total. The Morgan fingerprint density at radius 1 is 0.906 bits per heavy atom. The van der Waals surface area contributed by atoms with Crippen LogP contribution in [0.5, 0.6) is 5.75 Å². The summed E-state index contributed by atoms with van der Waals surface area (Å²) in [5, 5.41) is 2.89. The van der Waals surface area contributed by atoms with Gasteiger partial charge in [-0.2, -0.15) is 0 Å². The lowest BCUT2D eigenvalue weighted by Crippen LogP contribution is -2.26. The molecule has 0 aliphatic carbocycles. The zero-order valence-corrected chi connectivity index (χ0v) is 18.7. The Labute approximate surface area is 190 Å². The predicted octanol–water partition coefficient (Wildman–Crippen LogP) is 5.78. The number of rotatable bonds is 10. The van der Waals surface area contributed by atoms with Gasteiger partial charge in [0.15, 0.2) is 0 Å². The molecule has 2 amide bonds. The Hall–Kier alpha value is -3.60. The fraction of sp³-hybridized carbons (Fsp3) is 0.259. The number of anilines is 1. The van der Waals surface area contributed by atoms with Gasteiger partial charge >= 0.3 is 0 Å². The van der Waals surface area contributed by atoms with Crippen LogP contribution in [0.2, 0.25) is 0 Å². The van der Waals surface area contributed by atoms with Crippen LogP contribution in [0.4, 0.5) is 5.69 Å². The number of hydrogen-bond donors (Lipinski definition) is 1. The van der Waals surface area contributed by atoms with Crippen LogP contribution in [-0.2, 0) is 6.54 Å². The minimum Gasteiger partial charge on any atom is -0.493 e. The van der Waals surface area contributed by atoms with Gasteiger partial charge in [0.2, 0.25) is 0 Å². The van der Waals surface area contributed by atoms with Crippen LogP contribution in [0, 0.1) is 0 Å². The van der Waals surface area contributed by atoms with Crippen LogP contribution >= 0.6 is 0 Å². The molecule has 5 heteroatoms. The molecule has 32 heavy (non-hydrogen) atoms. The average molecular weight is 431 g/mol. The highest BCUT2D eigenvalue weighted by Gasteiger charge is 2.15. The summed E-state index contributed by atoms with van der Waals surface area (Å²) < 4.78 is 5.83. The molecule has 166 valence electrons. The number of carbonyl (C=O) groups excluding carboxylic acids is 2. The maximum atomic E-state index is 12.9. The number of amides is 2. The summed E-state index contributed by atoms with van der Waals surface area (Å²) in [5.74, 6) is 0.193. The number of para-hydroxylation sites is 1. The van der Waals surface area contributed by atoms with E-state index in [0.29, 0.717) is 35.7 Å². The Bertz CT molecular complexity index is 1030. The molecule has 0 atom stereocenters. The van der Waals surface area contributed by atoms with E-state index in [9.17, 15) is 9.59 Å². The van der Waals surface area contributed by atoms with Gasteiger partial charge in [-0.05, 0) is 42.3 Å². The third-order valence-corrected chi connectivity index (χ3v) is 5.11. The SMILES string of the molecule is CCCCCOc1ccccc1C(=O)Nc1cccc(C(=O)N(C)Cc2ccccc2)c1. The maximum absolute atomic E-state index is 12.9. The molecule has 0 bridgehead atoms. The van der Waals surface area contributed by atoms with E-state index in [-0.39, 0.29) is 11.8 Å². The van der Waals surface area contributed by atoms with E-state index < -0.39 is 0 Å². The summed E-state index contributed by atoms with van der Waals surface area (Å²) in [7, 11) is 1.77. The number of hydrogen-bond acceptors (Lipinski definition) is 3. The van der Waals surface area contributed by atoms with E-state index in [1.54, 1.807) is 48.3 Å². The Morgan fingerprint density at radius 2 is 1.66 bits per heavy atom. The number of benzene rings is 3. The van der Waals surface area contributed by atoms with E-state index in [0.717, 1.165) is 24.8 Å². The smallest absolute Gasteiger partial charge is 0.259 e. The molecular formula is C27H30N2O3. The van der Waals surface area contributed by atoms with Gasteiger partial charge < -0.3 is 15.0 Å². The first-order valence-electron chi connectivity index (χ1n) is 11.0. The van der Waals surface area contributed by atoms with E-state index in [1.165, 1.54) is 0 Å². The van der Waals surface area contributed by atoms with Crippen molar-refractivity contribution in [3.05, 3.63) is 95.6 Å². The molecule has 0 saturated carbocycles. The summed E-state index contributed by atoms with van der Waals surface area (Å²) >= 11 is 0. The molecule has 0 spiro atoms. The zero-order valence-electron chi connectivity index (χ0n) is 18.7. The molecule has 1 N–H and O–H groups in total. The van der Waals surface area contributed by atoms with E-state index >= 15 is 0 Å². The standard InChI is InChI=1S/C27H30N2O3/c1-3-4-10-18-32-25-17-9-8-16-24(25)26(30)28-23-15-11-14-22(19-23)27(31)29(2)20-21-12-6-5-7-13-21/h5-9,11-17,19H,3-4,10,18,20H2,1-2H3,(H,28,30). The molecule has 0 saturated heterocycles. The largest absolute Gasteiger partial charge is 0.493 e. The molecule has 0 fully saturated rings. The first-order chi connectivity index (χ1) is 15.6. The summed E-state index contributed by atoms with van der Waals surface area (Å²) in [6.45, 7) is 3.23. The minimum absolute atomic E-state index is 0.107. The lowest BCUT2D eigenvalue weighted by Gasteiger charge is -2.18. The van der Waals surface area contributed by atoms with Crippen LogP contribution in [0.15, 0.2) is 78.9 Å². The number of nitrogens with one attached hydrogen (secondary N) is 1. The predicted molar refractivity (Wildman–Crippen MR) is 128 cm³/mol. The van der Waals surface area contributed by atoms with Crippen LogP contribution in [0.25, 0.3) is 0 Å². The number of carbonyl (C=O) groups is 2. The van der Waals surface area contributed by atoms with Gasteiger partial charge in [-0.1, -0.05) is 68.3 Å².